The third-order valence-electron chi connectivity index (χ3n) is 4.77. The number of halogens is 1. The summed E-state index contributed by atoms with van der Waals surface area (Å²) in [4.78, 5) is 14.8. The smallest absolute Gasteiger partial charge is 0.224 e. The summed E-state index contributed by atoms with van der Waals surface area (Å²) in [5.41, 5.74) is 1.99. The second-order valence-electron chi connectivity index (χ2n) is 6.51. The van der Waals surface area contributed by atoms with Gasteiger partial charge in [-0.15, -0.1) is 0 Å². The Balaban J connectivity index is 1.64. The third kappa shape index (κ3) is 5.45. The van der Waals surface area contributed by atoms with Gasteiger partial charge in [0.25, 0.3) is 0 Å². The largest absolute Gasteiger partial charge is 0.497 e. The Kier molecular flexibility index (Phi) is 7.10. The molecule has 0 aliphatic carbocycles. The maximum absolute atomic E-state index is 12.5. The number of benzene rings is 2. The first-order valence-corrected chi connectivity index (χ1v) is 9.51. The Labute approximate surface area is 165 Å². The highest BCUT2D eigenvalue weighted by Gasteiger charge is 2.24. The standard InChI is InChI=1S/C21H25ClN2O3/c1-26-17-8-6-16(7-9-17)14-21(25)23-15-20(24-10-12-27-13-11-24)18-4-2-3-5-19(18)22/h2-9,20H,10-15H2,1H3,(H,23,25)/t20-/m0/s1. The molecule has 0 bridgehead atoms. The van der Waals surface area contributed by atoms with Gasteiger partial charge in [0.2, 0.25) is 5.91 Å². The lowest BCUT2D eigenvalue weighted by Gasteiger charge is -2.35. The van der Waals surface area contributed by atoms with Gasteiger partial charge in [-0.25, -0.2) is 0 Å². The monoisotopic (exact) mass is 388 g/mol. The molecule has 0 unspecified atom stereocenters. The van der Waals surface area contributed by atoms with Crippen molar-refractivity contribution < 1.29 is 14.3 Å². The van der Waals surface area contributed by atoms with Gasteiger partial charge in [0, 0.05) is 24.7 Å². The van der Waals surface area contributed by atoms with E-state index in [0.717, 1.165) is 35.0 Å². The van der Waals surface area contributed by atoms with Crippen molar-refractivity contribution in [3.05, 3.63) is 64.7 Å². The zero-order valence-electron chi connectivity index (χ0n) is 15.5. The van der Waals surface area contributed by atoms with Crippen LogP contribution < -0.4 is 10.1 Å². The molecule has 0 radical (unpaired) electrons. The fourth-order valence-corrected chi connectivity index (χ4v) is 3.53. The van der Waals surface area contributed by atoms with Crippen LogP contribution in [0, 0.1) is 0 Å². The van der Waals surface area contributed by atoms with Crippen LogP contribution in [-0.4, -0.2) is 50.8 Å². The molecule has 1 aliphatic rings. The molecule has 1 atom stereocenters. The van der Waals surface area contributed by atoms with E-state index < -0.39 is 0 Å². The van der Waals surface area contributed by atoms with Crippen LogP contribution in [0.15, 0.2) is 48.5 Å². The summed E-state index contributed by atoms with van der Waals surface area (Å²) >= 11 is 6.43. The van der Waals surface area contributed by atoms with Crippen LogP contribution in [-0.2, 0) is 16.0 Å². The first kappa shape index (κ1) is 19.7. The molecule has 0 spiro atoms. The predicted octanol–water partition coefficient (Wildman–Crippen LogP) is 3.08. The highest BCUT2D eigenvalue weighted by molar-refractivity contribution is 6.31. The number of methoxy groups -OCH3 is 1. The molecule has 1 amide bonds. The van der Waals surface area contributed by atoms with Gasteiger partial charge in [0.1, 0.15) is 5.75 Å². The van der Waals surface area contributed by atoms with Crippen LogP contribution >= 0.6 is 11.6 Å². The van der Waals surface area contributed by atoms with Crippen LogP contribution in [0.5, 0.6) is 5.75 Å². The number of ether oxygens (including phenoxy) is 2. The van der Waals surface area contributed by atoms with E-state index in [0.29, 0.717) is 26.2 Å². The van der Waals surface area contributed by atoms with E-state index in [1.54, 1.807) is 7.11 Å². The number of morpholine rings is 1. The lowest BCUT2D eigenvalue weighted by Crippen LogP contribution is -2.44. The minimum atomic E-state index is -0.00881. The van der Waals surface area contributed by atoms with Gasteiger partial charge >= 0.3 is 0 Å². The molecule has 5 nitrogen and oxygen atoms in total. The number of rotatable bonds is 7. The summed E-state index contributed by atoms with van der Waals surface area (Å²) in [6.45, 7) is 3.55. The van der Waals surface area contributed by atoms with E-state index in [1.807, 2.05) is 48.5 Å². The van der Waals surface area contributed by atoms with Crippen molar-refractivity contribution in [1.29, 1.82) is 0 Å². The van der Waals surface area contributed by atoms with E-state index in [9.17, 15) is 4.79 Å². The van der Waals surface area contributed by atoms with E-state index in [-0.39, 0.29) is 11.9 Å². The van der Waals surface area contributed by atoms with Gasteiger partial charge in [-0.3, -0.25) is 9.69 Å². The van der Waals surface area contributed by atoms with Gasteiger partial charge in [-0.05, 0) is 29.3 Å². The molecule has 144 valence electrons. The number of nitrogens with zero attached hydrogens (tertiary/aromatic N) is 1. The molecule has 1 N–H and O–H groups in total. The highest BCUT2D eigenvalue weighted by Crippen LogP contribution is 2.27. The molecule has 2 aromatic carbocycles. The first-order chi connectivity index (χ1) is 13.2. The Bertz CT molecular complexity index is 745. The second kappa shape index (κ2) is 9.74. The van der Waals surface area contributed by atoms with Gasteiger partial charge in [-0.2, -0.15) is 0 Å². The van der Waals surface area contributed by atoms with Crippen molar-refractivity contribution in [2.45, 2.75) is 12.5 Å². The molecule has 2 aromatic rings. The van der Waals surface area contributed by atoms with E-state index >= 15 is 0 Å². The number of nitrogens with one attached hydrogen (secondary N) is 1. The Hall–Kier alpha value is -2.08. The van der Waals surface area contributed by atoms with Gasteiger partial charge in [0.05, 0.1) is 32.8 Å². The van der Waals surface area contributed by atoms with Crippen molar-refractivity contribution in [2.75, 3.05) is 40.0 Å². The highest BCUT2D eigenvalue weighted by atomic mass is 35.5. The molecular formula is C21H25ClN2O3. The minimum absolute atomic E-state index is 0.00881. The SMILES string of the molecule is COc1ccc(CC(=O)NC[C@@H](c2ccccc2Cl)N2CCOCC2)cc1. The van der Waals surface area contributed by atoms with Crippen molar-refractivity contribution >= 4 is 17.5 Å². The number of amides is 1. The Morgan fingerprint density at radius 2 is 1.89 bits per heavy atom. The van der Waals surface area contributed by atoms with Crippen LogP contribution in [0.2, 0.25) is 5.02 Å². The van der Waals surface area contributed by atoms with Crippen molar-refractivity contribution in [2.24, 2.45) is 0 Å². The maximum atomic E-state index is 12.5. The van der Waals surface area contributed by atoms with Gasteiger partial charge in [-0.1, -0.05) is 41.9 Å². The summed E-state index contributed by atoms with van der Waals surface area (Å²) in [7, 11) is 1.63. The fraction of sp³-hybridized carbons (Fsp3) is 0.381. The minimum Gasteiger partial charge on any atom is -0.497 e. The lowest BCUT2D eigenvalue weighted by atomic mass is 10.0. The molecular weight excluding hydrogens is 364 g/mol. The van der Waals surface area contributed by atoms with Crippen LogP contribution in [0.3, 0.4) is 0 Å². The van der Waals surface area contributed by atoms with Gasteiger partial charge in [0.15, 0.2) is 0 Å². The molecule has 1 saturated heterocycles. The summed E-state index contributed by atoms with van der Waals surface area (Å²) in [5.74, 6) is 0.774. The zero-order valence-corrected chi connectivity index (χ0v) is 16.2. The number of hydrogen-bond donors (Lipinski definition) is 1. The first-order valence-electron chi connectivity index (χ1n) is 9.13. The summed E-state index contributed by atoms with van der Waals surface area (Å²) in [5, 5.41) is 3.79. The van der Waals surface area contributed by atoms with E-state index in [4.69, 9.17) is 21.1 Å². The van der Waals surface area contributed by atoms with Crippen LogP contribution in [0.4, 0.5) is 0 Å². The Morgan fingerprint density at radius 1 is 1.19 bits per heavy atom. The number of hydrogen-bond acceptors (Lipinski definition) is 4. The third-order valence-corrected chi connectivity index (χ3v) is 5.11. The number of carbonyl (C=O) groups excluding carboxylic acids is 1. The summed E-state index contributed by atoms with van der Waals surface area (Å²) in [6, 6.07) is 15.4. The zero-order chi connectivity index (χ0) is 19.1. The van der Waals surface area contributed by atoms with Gasteiger partial charge < -0.3 is 14.8 Å². The average Bonchev–Trinajstić information content (AvgIpc) is 2.71. The summed E-state index contributed by atoms with van der Waals surface area (Å²) < 4.78 is 10.6. The van der Waals surface area contributed by atoms with E-state index in [2.05, 4.69) is 10.2 Å². The predicted molar refractivity (Wildman–Crippen MR) is 106 cm³/mol. The topological polar surface area (TPSA) is 50.8 Å². The lowest BCUT2D eigenvalue weighted by molar-refractivity contribution is -0.120. The summed E-state index contributed by atoms with van der Waals surface area (Å²) in [6.07, 6.45) is 0.336. The van der Waals surface area contributed by atoms with Crippen LogP contribution in [0.1, 0.15) is 17.2 Å². The Morgan fingerprint density at radius 3 is 2.56 bits per heavy atom. The molecule has 1 aliphatic heterocycles. The quantitative estimate of drug-likeness (QED) is 0.792. The van der Waals surface area contributed by atoms with Crippen molar-refractivity contribution in [1.82, 2.24) is 10.2 Å². The van der Waals surface area contributed by atoms with Crippen molar-refractivity contribution in [3.8, 4) is 5.75 Å². The molecule has 0 aromatic heterocycles. The molecule has 1 heterocycles. The molecule has 0 saturated carbocycles. The second-order valence-corrected chi connectivity index (χ2v) is 6.92. The fourth-order valence-electron chi connectivity index (χ4n) is 3.27. The molecule has 3 rings (SSSR count). The molecule has 6 heteroatoms. The van der Waals surface area contributed by atoms with E-state index in [1.165, 1.54) is 0 Å². The average molecular weight is 389 g/mol. The normalized spacial score (nSPS) is 15.9. The molecule has 27 heavy (non-hydrogen) atoms. The molecule has 1 fully saturated rings. The maximum Gasteiger partial charge on any atom is 0.224 e. The van der Waals surface area contributed by atoms with Crippen LogP contribution in [0.25, 0.3) is 0 Å². The number of carbonyl (C=O) groups is 1. The van der Waals surface area contributed by atoms with Crippen molar-refractivity contribution in [3.63, 3.8) is 0 Å².